The molecule has 2 rings (SSSR count). The Morgan fingerprint density at radius 1 is 1.11 bits per heavy atom. The minimum Gasteiger partial charge on any atom is -0.494 e. The highest BCUT2D eigenvalue weighted by Crippen LogP contribution is 2.11. The van der Waals surface area contributed by atoms with Crippen LogP contribution in [0.4, 0.5) is 5.69 Å². The minimum absolute atomic E-state index is 0.137. The molecule has 0 saturated heterocycles. The lowest BCUT2D eigenvalue weighted by Gasteiger charge is -2.01. The number of hydrogen-bond donors (Lipinski definition) is 0. The van der Waals surface area contributed by atoms with Crippen molar-refractivity contribution in [2.45, 2.75) is 13.8 Å². The van der Waals surface area contributed by atoms with Crippen molar-refractivity contribution in [1.29, 1.82) is 0 Å². The summed E-state index contributed by atoms with van der Waals surface area (Å²) in [4.78, 5) is 9.59. The highest BCUT2D eigenvalue weighted by atomic mass is 16.6. The molecule has 0 aromatic heterocycles. The van der Waals surface area contributed by atoms with Gasteiger partial charge in [0.1, 0.15) is 5.75 Å². The van der Waals surface area contributed by atoms with Crippen LogP contribution in [-0.2, 0) is 0 Å². The van der Waals surface area contributed by atoms with Crippen molar-refractivity contribution in [2.24, 2.45) is 0 Å². The van der Waals surface area contributed by atoms with Gasteiger partial charge in [-0.25, -0.2) is 0 Å². The molecule has 0 radical (unpaired) electrons. The lowest BCUT2D eigenvalue weighted by atomic mass is 10.2. The van der Waals surface area contributed by atoms with Gasteiger partial charge in [0, 0.05) is 12.1 Å². The van der Waals surface area contributed by atoms with E-state index in [1.807, 2.05) is 25.1 Å². The van der Waals surface area contributed by atoms with Crippen LogP contribution >= 0.6 is 0 Å². The lowest BCUT2D eigenvalue weighted by molar-refractivity contribution is -0.384. The van der Waals surface area contributed by atoms with Crippen LogP contribution in [0.2, 0.25) is 0 Å². The average Bonchev–Trinajstić information content (AvgIpc) is 2.41. The quantitative estimate of drug-likeness (QED) is 0.618. The Bertz CT molecular complexity index is 512. The van der Waals surface area contributed by atoms with E-state index >= 15 is 0 Å². The Balaban J connectivity index is 0.000000191. The summed E-state index contributed by atoms with van der Waals surface area (Å²) >= 11 is 0. The van der Waals surface area contributed by atoms with Crippen molar-refractivity contribution >= 4 is 5.69 Å². The van der Waals surface area contributed by atoms with Crippen LogP contribution in [0.5, 0.6) is 5.75 Å². The van der Waals surface area contributed by atoms with Crippen molar-refractivity contribution in [3.8, 4) is 5.75 Å². The van der Waals surface area contributed by atoms with Gasteiger partial charge in [0.05, 0.1) is 11.5 Å². The highest BCUT2D eigenvalue weighted by Gasteiger charge is 1.98. The number of rotatable bonds is 3. The number of aryl methyl sites for hydroxylation is 1. The van der Waals surface area contributed by atoms with Crippen molar-refractivity contribution in [3.63, 3.8) is 0 Å². The predicted octanol–water partition coefficient (Wildman–Crippen LogP) is 3.99. The van der Waals surface area contributed by atoms with Crippen LogP contribution in [0.25, 0.3) is 0 Å². The third-order valence-electron chi connectivity index (χ3n) is 2.27. The monoisotopic (exact) mass is 259 g/mol. The van der Waals surface area contributed by atoms with Crippen LogP contribution in [0, 0.1) is 17.0 Å². The minimum atomic E-state index is -0.417. The number of nitro groups is 1. The van der Waals surface area contributed by atoms with Gasteiger partial charge in [-0.15, -0.1) is 0 Å². The average molecular weight is 259 g/mol. The van der Waals surface area contributed by atoms with E-state index in [1.54, 1.807) is 18.2 Å². The normalized spacial score (nSPS) is 9.16. The van der Waals surface area contributed by atoms with E-state index < -0.39 is 4.92 Å². The first-order valence-corrected chi connectivity index (χ1v) is 6.02. The molecule has 4 nitrogen and oxygen atoms in total. The molecule has 0 saturated carbocycles. The number of non-ortho nitro benzene ring substituents is 1. The SMILES string of the molecule is CCOc1cccc(C)c1.O=[N+]([O-])c1ccccc1. The molecule has 0 bridgehead atoms. The van der Waals surface area contributed by atoms with Gasteiger partial charge in [0.2, 0.25) is 0 Å². The predicted molar refractivity (Wildman–Crippen MR) is 75.4 cm³/mol. The number of para-hydroxylation sites is 1. The van der Waals surface area contributed by atoms with Crippen LogP contribution < -0.4 is 4.74 Å². The summed E-state index contributed by atoms with van der Waals surface area (Å²) in [5.74, 6) is 0.961. The molecule has 100 valence electrons. The number of nitro benzene ring substituents is 1. The Kier molecular flexibility index (Phi) is 6.09. The summed E-state index contributed by atoms with van der Waals surface area (Å²) in [6, 6.07) is 16.0. The fourth-order valence-corrected chi connectivity index (χ4v) is 1.42. The maximum Gasteiger partial charge on any atom is 0.269 e. The summed E-state index contributed by atoms with van der Waals surface area (Å²) in [6.07, 6.45) is 0. The second-order valence-corrected chi connectivity index (χ2v) is 3.84. The molecule has 2 aromatic carbocycles. The van der Waals surface area contributed by atoms with E-state index in [1.165, 1.54) is 17.7 Å². The molecule has 0 atom stereocenters. The number of benzene rings is 2. The zero-order valence-corrected chi connectivity index (χ0v) is 11.1. The van der Waals surface area contributed by atoms with Gasteiger partial charge in [-0.1, -0.05) is 30.3 Å². The fraction of sp³-hybridized carbons (Fsp3) is 0.200. The zero-order valence-electron chi connectivity index (χ0n) is 11.1. The van der Waals surface area contributed by atoms with Crippen LogP contribution in [0.3, 0.4) is 0 Å². The molecule has 2 aromatic rings. The summed E-state index contributed by atoms with van der Waals surface area (Å²) in [7, 11) is 0. The maximum absolute atomic E-state index is 10.0. The largest absolute Gasteiger partial charge is 0.494 e. The molecule has 0 fully saturated rings. The Morgan fingerprint density at radius 2 is 1.79 bits per heavy atom. The molecule has 0 aliphatic rings. The molecule has 0 heterocycles. The molecule has 0 N–H and O–H groups in total. The summed E-state index contributed by atoms with van der Waals surface area (Å²) in [6.45, 7) is 4.79. The fourth-order valence-electron chi connectivity index (χ4n) is 1.42. The smallest absolute Gasteiger partial charge is 0.269 e. The Hall–Kier alpha value is -2.36. The molecule has 0 amide bonds. The van der Waals surface area contributed by atoms with Gasteiger partial charge in [0.25, 0.3) is 5.69 Å². The van der Waals surface area contributed by atoms with Gasteiger partial charge in [-0.3, -0.25) is 10.1 Å². The second-order valence-electron chi connectivity index (χ2n) is 3.84. The first-order chi connectivity index (χ1) is 9.13. The van der Waals surface area contributed by atoms with Crippen LogP contribution in [-0.4, -0.2) is 11.5 Å². The van der Waals surface area contributed by atoms with E-state index in [9.17, 15) is 10.1 Å². The van der Waals surface area contributed by atoms with E-state index in [-0.39, 0.29) is 5.69 Å². The molecular formula is C15H17NO3. The van der Waals surface area contributed by atoms with Crippen molar-refractivity contribution in [1.82, 2.24) is 0 Å². The van der Waals surface area contributed by atoms with Crippen LogP contribution in [0.1, 0.15) is 12.5 Å². The molecule has 0 unspecified atom stereocenters. The Labute approximate surface area is 112 Å². The highest BCUT2D eigenvalue weighted by molar-refractivity contribution is 5.28. The number of nitrogens with zero attached hydrogens (tertiary/aromatic N) is 1. The first-order valence-electron chi connectivity index (χ1n) is 6.02. The van der Waals surface area contributed by atoms with Gasteiger partial charge in [-0.2, -0.15) is 0 Å². The van der Waals surface area contributed by atoms with Crippen molar-refractivity contribution < 1.29 is 9.66 Å². The van der Waals surface area contributed by atoms with E-state index in [0.717, 1.165) is 12.4 Å². The molecular weight excluding hydrogens is 242 g/mol. The van der Waals surface area contributed by atoms with Gasteiger partial charge < -0.3 is 4.74 Å². The molecule has 0 aliphatic carbocycles. The molecule has 0 spiro atoms. The third kappa shape index (κ3) is 5.68. The Morgan fingerprint density at radius 3 is 2.26 bits per heavy atom. The molecule has 4 heteroatoms. The standard InChI is InChI=1S/C9H12O.C6H5NO2/c1-3-10-9-6-4-5-8(2)7-9;8-7(9)6-4-2-1-3-5-6/h4-7H,3H2,1-2H3;1-5H. The summed E-state index contributed by atoms with van der Waals surface area (Å²) in [5, 5.41) is 10.0. The second kappa shape index (κ2) is 7.87. The van der Waals surface area contributed by atoms with E-state index in [2.05, 4.69) is 13.0 Å². The van der Waals surface area contributed by atoms with Crippen molar-refractivity contribution in [2.75, 3.05) is 6.61 Å². The van der Waals surface area contributed by atoms with Gasteiger partial charge in [0.15, 0.2) is 0 Å². The van der Waals surface area contributed by atoms with Crippen molar-refractivity contribution in [3.05, 3.63) is 70.3 Å². The maximum atomic E-state index is 10.0. The number of ether oxygens (including phenoxy) is 1. The summed E-state index contributed by atoms with van der Waals surface area (Å²) in [5.41, 5.74) is 1.38. The number of hydrogen-bond acceptors (Lipinski definition) is 3. The van der Waals surface area contributed by atoms with Gasteiger partial charge >= 0.3 is 0 Å². The zero-order chi connectivity index (χ0) is 14.1. The van der Waals surface area contributed by atoms with Gasteiger partial charge in [-0.05, 0) is 31.5 Å². The van der Waals surface area contributed by atoms with E-state index in [0.29, 0.717) is 0 Å². The topological polar surface area (TPSA) is 52.4 Å². The van der Waals surface area contributed by atoms with Crippen LogP contribution in [0.15, 0.2) is 54.6 Å². The first kappa shape index (κ1) is 14.7. The summed E-state index contributed by atoms with van der Waals surface area (Å²) < 4.78 is 5.29. The molecule has 0 aliphatic heterocycles. The van der Waals surface area contributed by atoms with E-state index in [4.69, 9.17) is 4.74 Å². The lowest BCUT2D eigenvalue weighted by Crippen LogP contribution is -1.90. The molecule has 19 heavy (non-hydrogen) atoms. The third-order valence-corrected chi connectivity index (χ3v) is 2.27.